The van der Waals surface area contributed by atoms with Crippen molar-refractivity contribution in [3.63, 3.8) is 0 Å². The van der Waals surface area contributed by atoms with E-state index >= 15 is 0 Å². The highest BCUT2D eigenvalue weighted by atomic mass is 19.4. The molecule has 0 fully saturated rings. The van der Waals surface area contributed by atoms with Crippen LogP contribution >= 0.6 is 0 Å². The Morgan fingerprint density at radius 3 is 2.44 bits per heavy atom. The van der Waals surface area contributed by atoms with E-state index in [0.717, 1.165) is 12.1 Å². The van der Waals surface area contributed by atoms with E-state index < -0.39 is 28.9 Å². The van der Waals surface area contributed by atoms with Crippen molar-refractivity contribution in [1.29, 1.82) is 0 Å². The zero-order valence-electron chi connectivity index (χ0n) is 9.77. The standard InChI is InChI=1S/C13H12F4O/c1-3-8(2)7-11(18)9-5-4-6-10(12(9)14)13(15,16)17/h4-6H,2-3,7H2,1H3. The first-order chi connectivity index (χ1) is 8.27. The Morgan fingerprint density at radius 2 is 1.94 bits per heavy atom. The third kappa shape index (κ3) is 3.18. The van der Waals surface area contributed by atoms with Gasteiger partial charge in [-0.3, -0.25) is 4.79 Å². The lowest BCUT2D eigenvalue weighted by molar-refractivity contribution is -0.140. The van der Waals surface area contributed by atoms with Crippen molar-refractivity contribution >= 4 is 5.78 Å². The third-order valence-electron chi connectivity index (χ3n) is 2.52. The number of halogens is 4. The molecule has 1 rings (SSSR count). The van der Waals surface area contributed by atoms with Gasteiger partial charge in [0.05, 0.1) is 11.1 Å². The van der Waals surface area contributed by atoms with Crippen LogP contribution in [0, 0.1) is 5.82 Å². The molecule has 0 radical (unpaired) electrons. The molecule has 0 aliphatic rings. The number of allylic oxidation sites excluding steroid dienone is 1. The van der Waals surface area contributed by atoms with Crippen molar-refractivity contribution < 1.29 is 22.4 Å². The molecule has 0 amide bonds. The van der Waals surface area contributed by atoms with Gasteiger partial charge in [-0.25, -0.2) is 4.39 Å². The summed E-state index contributed by atoms with van der Waals surface area (Å²) in [6.07, 6.45) is -4.43. The predicted octanol–water partition coefficient (Wildman–Crippen LogP) is 4.38. The lowest BCUT2D eigenvalue weighted by Gasteiger charge is -2.10. The van der Waals surface area contributed by atoms with Gasteiger partial charge in [0.15, 0.2) is 5.78 Å². The molecule has 1 aromatic carbocycles. The number of rotatable bonds is 4. The van der Waals surface area contributed by atoms with Crippen molar-refractivity contribution in [2.24, 2.45) is 0 Å². The summed E-state index contributed by atoms with van der Waals surface area (Å²) >= 11 is 0. The molecule has 1 aromatic rings. The van der Waals surface area contributed by atoms with Crippen LogP contribution in [-0.2, 0) is 6.18 Å². The van der Waals surface area contributed by atoms with E-state index in [9.17, 15) is 22.4 Å². The minimum atomic E-state index is -4.80. The van der Waals surface area contributed by atoms with Gasteiger partial charge in [-0.15, -0.1) is 0 Å². The largest absolute Gasteiger partial charge is 0.419 e. The fraction of sp³-hybridized carbons (Fsp3) is 0.308. The maximum absolute atomic E-state index is 13.6. The summed E-state index contributed by atoms with van der Waals surface area (Å²) in [4.78, 5) is 11.6. The van der Waals surface area contributed by atoms with Gasteiger partial charge in [0.2, 0.25) is 0 Å². The van der Waals surface area contributed by atoms with Crippen LogP contribution < -0.4 is 0 Å². The molecule has 0 aliphatic carbocycles. The molecular weight excluding hydrogens is 248 g/mol. The minimum Gasteiger partial charge on any atom is -0.294 e. The highest BCUT2D eigenvalue weighted by Crippen LogP contribution is 2.32. The second-order valence-electron chi connectivity index (χ2n) is 3.87. The Kier molecular flexibility index (Phi) is 4.27. The zero-order chi connectivity index (χ0) is 13.9. The molecule has 0 bridgehead atoms. The SMILES string of the molecule is C=C(CC)CC(=O)c1cccc(C(F)(F)F)c1F. The molecule has 0 saturated carbocycles. The number of Topliss-reactive ketones (excluding diaryl/α,β-unsaturated/α-hetero) is 1. The van der Waals surface area contributed by atoms with Crippen molar-refractivity contribution in [3.05, 3.63) is 47.3 Å². The van der Waals surface area contributed by atoms with Gasteiger partial charge in [0, 0.05) is 6.42 Å². The molecule has 18 heavy (non-hydrogen) atoms. The molecule has 5 heteroatoms. The van der Waals surface area contributed by atoms with Gasteiger partial charge in [-0.1, -0.05) is 25.1 Å². The molecule has 0 N–H and O–H groups in total. The lowest BCUT2D eigenvalue weighted by Crippen LogP contribution is -2.12. The maximum Gasteiger partial charge on any atom is 0.419 e. The summed E-state index contributed by atoms with van der Waals surface area (Å²) in [5, 5.41) is 0. The summed E-state index contributed by atoms with van der Waals surface area (Å²) in [6.45, 7) is 5.34. The van der Waals surface area contributed by atoms with Gasteiger partial charge in [0.25, 0.3) is 0 Å². The van der Waals surface area contributed by atoms with Crippen LogP contribution in [-0.4, -0.2) is 5.78 Å². The van der Waals surface area contributed by atoms with Crippen molar-refractivity contribution in [1.82, 2.24) is 0 Å². The predicted molar refractivity (Wildman–Crippen MR) is 59.8 cm³/mol. The minimum absolute atomic E-state index is 0.144. The Morgan fingerprint density at radius 1 is 1.33 bits per heavy atom. The van der Waals surface area contributed by atoms with Gasteiger partial charge < -0.3 is 0 Å². The topological polar surface area (TPSA) is 17.1 Å². The normalized spacial score (nSPS) is 11.4. The van der Waals surface area contributed by atoms with Crippen LogP contribution in [0.1, 0.15) is 35.7 Å². The van der Waals surface area contributed by atoms with E-state index in [1.807, 2.05) is 0 Å². The first-order valence-corrected chi connectivity index (χ1v) is 5.33. The van der Waals surface area contributed by atoms with Crippen LogP contribution in [0.2, 0.25) is 0 Å². The van der Waals surface area contributed by atoms with Gasteiger partial charge in [-0.05, 0) is 18.6 Å². The monoisotopic (exact) mass is 260 g/mol. The Balaban J connectivity index is 3.12. The van der Waals surface area contributed by atoms with E-state index in [0.29, 0.717) is 18.1 Å². The van der Waals surface area contributed by atoms with Gasteiger partial charge in [0.1, 0.15) is 5.82 Å². The second-order valence-corrected chi connectivity index (χ2v) is 3.87. The summed E-state index contributed by atoms with van der Waals surface area (Å²) in [5.74, 6) is -2.20. The molecule has 0 unspecified atom stereocenters. The van der Waals surface area contributed by atoms with Crippen LogP contribution in [0.4, 0.5) is 17.6 Å². The molecule has 0 heterocycles. The van der Waals surface area contributed by atoms with Crippen molar-refractivity contribution in [3.8, 4) is 0 Å². The molecule has 0 aromatic heterocycles. The quantitative estimate of drug-likeness (QED) is 0.446. The summed E-state index contributed by atoms with van der Waals surface area (Å²) in [5.41, 5.74) is -1.41. The fourth-order valence-electron chi connectivity index (χ4n) is 1.41. The smallest absolute Gasteiger partial charge is 0.294 e. The Labute approximate surface area is 102 Å². The first-order valence-electron chi connectivity index (χ1n) is 5.33. The highest BCUT2D eigenvalue weighted by molar-refractivity contribution is 5.97. The number of carbonyl (C=O) groups is 1. The molecule has 1 nitrogen and oxygen atoms in total. The fourth-order valence-corrected chi connectivity index (χ4v) is 1.41. The number of hydrogen-bond acceptors (Lipinski definition) is 1. The Bertz CT molecular complexity index is 474. The van der Waals surface area contributed by atoms with Crippen LogP contribution in [0.25, 0.3) is 0 Å². The third-order valence-corrected chi connectivity index (χ3v) is 2.52. The second kappa shape index (κ2) is 5.33. The molecule has 0 spiro atoms. The number of ketones is 1. The van der Waals surface area contributed by atoms with Gasteiger partial charge >= 0.3 is 6.18 Å². The number of benzene rings is 1. The van der Waals surface area contributed by atoms with Crippen molar-refractivity contribution in [2.75, 3.05) is 0 Å². The number of hydrogen-bond donors (Lipinski definition) is 0. The molecular formula is C13H12F4O. The van der Waals surface area contributed by atoms with E-state index in [1.165, 1.54) is 0 Å². The van der Waals surface area contributed by atoms with E-state index in [1.54, 1.807) is 6.92 Å². The molecule has 98 valence electrons. The summed E-state index contributed by atoms with van der Waals surface area (Å²) in [7, 11) is 0. The highest BCUT2D eigenvalue weighted by Gasteiger charge is 2.35. The molecule has 0 atom stereocenters. The van der Waals surface area contributed by atoms with E-state index in [4.69, 9.17) is 0 Å². The average Bonchev–Trinajstić information content (AvgIpc) is 2.27. The maximum atomic E-state index is 13.6. The van der Waals surface area contributed by atoms with Crippen LogP contribution in [0.15, 0.2) is 30.4 Å². The number of alkyl halides is 3. The Hall–Kier alpha value is -1.65. The van der Waals surface area contributed by atoms with E-state index in [2.05, 4.69) is 6.58 Å². The van der Waals surface area contributed by atoms with Gasteiger partial charge in [-0.2, -0.15) is 13.2 Å². The first kappa shape index (κ1) is 14.4. The number of carbonyl (C=O) groups excluding carboxylic acids is 1. The molecule has 0 saturated heterocycles. The van der Waals surface area contributed by atoms with Crippen LogP contribution in [0.5, 0.6) is 0 Å². The lowest BCUT2D eigenvalue weighted by atomic mass is 10.00. The van der Waals surface area contributed by atoms with Crippen molar-refractivity contribution in [2.45, 2.75) is 25.9 Å². The van der Waals surface area contributed by atoms with E-state index in [-0.39, 0.29) is 6.42 Å². The summed E-state index contributed by atoms with van der Waals surface area (Å²) < 4.78 is 51.0. The summed E-state index contributed by atoms with van der Waals surface area (Å²) in [6, 6.07) is 2.68. The van der Waals surface area contributed by atoms with Crippen LogP contribution in [0.3, 0.4) is 0 Å². The zero-order valence-corrected chi connectivity index (χ0v) is 9.77. The molecule has 0 aliphatic heterocycles. The average molecular weight is 260 g/mol.